The van der Waals surface area contributed by atoms with Crippen molar-refractivity contribution in [3.8, 4) is 17.2 Å². The molecular formula is C29H22O9S3. The Bertz CT molecular complexity index is 2040. The van der Waals surface area contributed by atoms with Gasteiger partial charge in [-0.1, -0.05) is 66.2 Å². The average Bonchev–Trinajstić information content (AvgIpc) is 2.95. The highest BCUT2D eigenvalue weighted by Gasteiger charge is 2.30. The lowest BCUT2D eigenvalue weighted by molar-refractivity contribution is 0.466. The minimum atomic E-state index is -4.64. The van der Waals surface area contributed by atoms with Gasteiger partial charge < -0.3 is 12.5 Å². The van der Waals surface area contributed by atoms with Gasteiger partial charge in [0.25, 0.3) is 0 Å². The van der Waals surface area contributed by atoms with E-state index in [9.17, 15) is 25.3 Å². The summed E-state index contributed by atoms with van der Waals surface area (Å²) in [6.07, 6.45) is 0. The van der Waals surface area contributed by atoms with E-state index in [4.69, 9.17) is 12.5 Å². The average molecular weight is 611 g/mol. The topological polar surface area (TPSA) is 130 Å². The van der Waals surface area contributed by atoms with Gasteiger partial charge >= 0.3 is 30.4 Å². The van der Waals surface area contributed by atoms with Gasteiger partial charge in [0.15, 0.2) is 11.5 Å². The summed E-state index contributed by atoms with van der Waals surface area (Å²) in [6.45, 7) is 1.82. The van der Waals surface area contributed by atoms with Gasteiger partial charge in [-0.3, -0.25) is 0 Å². The Hall–Kier alpha value is -4.39. The summed E-state index contributed by atoms with van der Waals surface area (Å²) in [5, 5.41) is 0.0402. The second kappa shape index (κ2) is 10.9. The van der Waals surface area contributed by atoms with Crippen LogP contribution in [0.3, 0.4) is 0 Å². The van der Waals surface area contributed by atoms with E-state index in [2.05, 4.69) is 0 Å². The number of rotatable bonds is 9. The van der Waals surface area contributed by atoms with Crippen LogP contribution in [0.5, 0.6) is 17.2 Å². The molecule has 0 saturated carbocycles. The van der Waals surface area contributed by atoms with Gasteiger partial charge in [0.05, 0.1) is 0 Å². The van der Waals surface area contributed by atoms with Crippen LogP contribution < -0.4 is 12.5 Å². The summed E-state index contributed by atoms with van der Waals surface area (Å²) in [5.41, 5.74) is 0.872. The molecular weight excluding hydrogens is 589 g/mol. The fourth-order valence-corrected chi connectivity index (χ4v) is 6.98. The predicted molar refractivity (Wildman–Crippen MR) is 151 cm³/mol. The first kappa shape index (κ1) is 28.1. The van der Waals surface area contributed by atoms with E-state index < -0.39 is 41.0 Å². The lowest BCUT2D eigenvalue weighted by atomic mass is 10.1. The van der Waals surface area contributed by atoms with Crippen LogP contribution in [-0.4, -0.2) is 25.3 Å². The van der Waals surface area contributed by atoms with Crippen molar-refractivity contribution in [3.63, 3.8) is 0 Å². The van der Waals surface area contributed by atoms with E-state index in [1.54, 1.807) is 24.3 Å². The largest absolute Gasteiger partial charge is 0.379 e. The standard InChI is InChI=1S/C29H22O9S3/c1-21-15-17-22(18-16-21)36-41(34,35)28-20-19-25-26(29(28)38-40(32,33)24-11-6-3-7-12-24)13-8-14-27(25)37-39(30,31)23-9-4-2-5-10-23/h2-20H,1H3. The maximum absolute atomic E-state index is 13.4. The van der Waals surface area contributed by atoms with Gasteiger partial charge in [0.1, 0.15) is 20.4 Å². The van der Waals surface area contributed by atoms with Gasteiger partial charge in [-0.05, 0) is 61.5 Å². The van der Waals surface area contributed by atoms with Gasteiger partial charge in [-0.2, -0.15) is 25.3 Å². The predicted octanol–water partition coefficient (Wildman–Crippen LogP) is 5.45. The molecule has 12 heteroatoms. The van der Waals surface area contributed by atoms with Crippen molar-refractivity contribution in [2.24, 2.45) is 0 Å². The third-order valence-electron chi connectivity index (χ3n) is 5.89. The Morgan fingerprint density at radius 1 is 0.463 bits per heavy atom. The molecule has 0 aromatic heterocycles. The van der Waals surface area contributed by atoms with Crippen LogP contribution in [0.1, 0.15) is 5.56 Å². The minimum Gasteiger partial charge on any atom is -0.379 e. The normalized spacial score (nSPS) is 12.1. The lowest BCUT2D eigenvalue weighted by Crippen LogP contribution is -2.16. The van der Waals surface area contributed by atoms with Gasteiger partial charge in [0, 0.05) is 10.8 Å². The Balaban J connectivity index is 1.67. The van der Waals surface area contributed by atoms with E-state index in [-0.39, 0.29) is 32.1 Å². The van der Waals surface area contributed by atoms with Crippen molar-refractivity contribution < 1.29 is 37.8 Å². The zero-order valence-electron chi connectivity index (χ0n) is 21.4. The maximum atomic E-state index is 13.4. The first-order valence-electron chi connectivity index (χ1n) is 12.0. The maximum Gasteiger partial charge on any atom is 0.343 e. The van der Waals surface area contributed by atoms with Crippen LogP contribution in [0.15, 0.2) is 130 Å². The highest BCUT2D eigenvalue weighted by molar-refractivity contribution is 7.88. The summed E-state index contributed by atoms with van der Waals surface area (Å²) in [5.74, 6) is -0.753. The first-order chi connectivity index (χ1) is 19.5. The second-order valence-corrected chi connectivity index (χ2v) is 13.4. The molecule has 0 radical (unpaired) electrons. The summed E-state index contributed by atoms with van der Waals surface area (Å²) in [6, 6.07) is 27.3. The number of hydrogen-bond donors (Lipinski definition) is 0. The van der Waals surface area contributed by atoms with Crippen LogP contribution in [0, 0.1) is 6.92 Å². The summed E-state index contributed by atoms with van der Waals surface area (Å²) >= 11 is 0. The van der Waals surface area contributed by atoms with E-state index in [1.807, 2.05) is 6.92 Å². The molecule has 0 unspecified atom stereocenters. The van der Waals surface area contributed by atoms with Crippen LogP contribution in [-0.2, 0) is 30.4 Å². The highest BCUT2D eigenvalue weighted by Crippen LogP contribution is 2.40. The van der Waals surface area contributed by atoms with Crippen molar-refractivity contribution in [3.05, 3.63) is 121 Å². The lowest BCUT2D eigenvalue weighted by Gasteiger charge is -2.16. The number of aryl methyl sites for hydroxylation is 1. The molecule has 210 valence electrons. The van der Waals surface area contributed by atoms with Crippen molar-refractivity contribution in [1.82, 2.24) is 0 Å². The summed E-state index contributed by atoms with van der Waals surface area (Å²) in [4.78, 5) is -0.919. The van der Waals surface area contributed by atoms with Crippen LogP contribution >= 0.6 is 0 Å². The van der Waals surface area contributed by atoms with Crippen LogP contribution in [0.25, 0.3) is 10.8 Å². The molecule has 0 aliphatic carbocycles. The molecule has 0 N–H and O–H groups in total. The molecule has 5 rings (SSSR count). The number of benzene rings is 5. The molecule has 0 spiro atoms. The van der Waals surface area contributed by atoms with Crippen molar-refractivity contribution in [2.45, 2.75) is 21.6 Å². The Kier molecular flexibility index (Phi) is 7.47. The Labute approximate surface area is 237 Å². The van der Waals surface area contributed by atoms with Gasteiger partial charge in [-0.15, -0.1) is 0 Å². The molecule has 0 aliphatic rings. The fraction of sp³-hybridized carbons (Fsp3) is 0.0345. The summed E-state index contributed by atoms with van der Waals surface area (Å²) in [7, 11) is -13.5. The molecule has 41 heavy (non-hydrogen) atoms. The van der Waals surface area contributed by atoms with Gasteiger partial charge in [-0.25, -0.2) is 0 Å². The van der Waals surface area contributed by atoms with Crippen molar-refractivity contribution in [1.29, 1.82) is 0 Å². The molecule has 0 saturated heterocycles. The van der Waals surface area contributed by atoms with Crippen LogP contribution in [0.2, 0.25) is 0 Å². The smallest absolute Gasteiger partial charge is 0.343 e. The Morgan fingerprint density at radius 3 is 1.61 bits per heavy atom. The molecule has 0 atom stereocenters. The molecule has 0 amide bonds. The van der Waals surface area contributed by atoms with E-state index in [0.29, 0.717) is 0 Å². The van der Waals surface area contributed by atoms with Crippen LogP contribution in [0.4, 0.5) is 0 Å². The second-order valence-electron chi connectivity index (χ2n) is 8.80. The monoisotopic (exact) mass is 610 g/mol. The third kappa shape index (κ3) is 6.04. The molecule has 0 aliphatic heterocycles. The van der Waals surface area contributed by atoms with E-state index in [1.165, 1.54) is 84.9 Å². The molecule has 5 aromatic rings. The fourth-order valence-electron chi connectivity index (χ4n) is 3.90. The molecule has 0 heterocycles. The van der Waals surface area contributed by atoms with Crippen molar-refractivity contribution in [2.75, 3.05) is 0 Å². The quantitative estimate of drug-likeness (QED) is 0.200. The zero-order valence-corrected chi connectivity index (χ0v) is 23.8. The molecule has 5 aromatic carbocycles. The highest BCUT2D eigenvalue weighted by atomic mass is 32.2. The SMILES string of the molecule is Cc1ccc(OS(=O)(=O)c2ccc3c(OS(=O)(=O)c4ccccc4)cccc3c2OS(=O)(=O)c2ccccc2)cc1. The molecule has 9 nitrogen and oxygen atoms in total. The third-order valence-corrected chi connectivity index (χ3v) is 9.64. The summed E-state index contributed by atoms with van der Waals surface area (Å²) < 4.78 is 95.4. The van der Waals surface area contributed by atoms with Gasteiger partial charge in [0.2, 0.25) is 0 Å². The Morgan fingerprint density at radius 2 is 1.02 bits per heavy atom. The first-order valence-corrected chi connectivity index (χ1v) is 16.2. The minimum absolute atomic E-state index is 0.00129. The van der Waals surface area contributed by atoms with Crippen molar-refractivity contribution >= 4 is 41.1 Å². The zero-order chi connectivity index (χ0) is 29.3. The van der Waals surface area contributed by atoms with E-state index in [0.717, 1.165) is 11.6 Å². The van der Waals surface area contributed by atoms with E-state index >= 15 is 0 Å². The molecule has 0 bridgehead atoms. The molecule has 0 fully saturated rings. The number of fused-ring (bicyclic) bond motifs is 1. The number of hydrogen-bond acceptors (Lipinski definition) is 9.